The predicted molar refractivity (Wildman–Crippen MR) is 419 cm³/mol. The van der Waals surface area contributed by atoms with Crippen molar-refractivity contribution in [3.63, 3.8) is 0 Å². The fraction of sp³-hybridized carbons (Fsp3) is 0.172. The van der Waals surface area contributed by atoms with E-state index in [4.69, 9.17) is 14.2 Å². The third kappa shape index (κ3) is 11.6. The molecule has 0 aliphatic carbocycles. The molecule has 0 saturated carbocycles. The first-order valence-corrected chi connectivity index (χ1v) is 42.0. The summed E-state index contributed by atoms with van der Waals surface area (Å²) in [7, 11) is -0.718. The molecule has 0 aliphatic rings. The van der Waals surface area contributed by atoms with Crippen molar-refractivity contribution in [2.45, 2.75) is 80.8 Å². The van der Waals surface area contributed by atoms with Crippen molar-refractivity contribution < 1.29 is 31.7 Å². The monoisotopic (exact) mass is 1370 g/mol. The van der Waals surface area contributed by atoms with E-state index < -0.39 is 28.3 Å². The van der Waals surface area contributed by atoms with E-state index in [9.17, 15) is 12.9 Å². The van der Waals surface area contributed by atoms with Crippen molar-refractivity contribution in [2.24, 2.45) is 0 Å². The fourth-order valence-corrected chi connectivity index (χ4v) is 44.1. The summed E-state index contributed by atoms with van der Waals surface area (Å²) in [6, 6.07) is 102. The molecule has 0 atom stereocenters. The van der Waals surface area contributed by atoms with Crippen molar-refractivity contribution in [1.82, 2.24) is 0 Å². The van der Waals surface area contributed by atoms with Crippen LogP contribution in [0.4, 0.5) is 0 Å². The van der Waals surface area contributed by atoms with Crippen LogP contribution in [-0.2, 0) is 36.0 Å². The van der Waals surface area contributed by atoms with Crippen molar-refractivity contribution >= 4 is 76.1 Å². The summed E-state index contributed by atoms with van der Waals surface area (Å²) in [6.45, 7) is 3.63. The average Bonchev–Trinajstić information content (AvgIpc) is 0.661. The van der Waals surface area contributed by atoms with Gasteiger partial charge in [0.05, 0.1) is 0 Å². The van der Waals surface area contributed by atoms with Gasteiger partial charge in [0.2, 0.25) is 0 Å². The Bertz CT molecular complexity index is 4100. The Hall–Kier alpha value is -8.56. The van der Waals surface area contributed by atoms with E-state index in [0.29, 0.717) is 17.2 Å². The summed E-state index contributed by atoms with van der Waals surface area (Å²) in [5, 5.41) is 7.89. The number of hydrogen-bond donors (Lipinski definition) is 0. The van der Waals surface area contributed by atoms with E-state index in [0.717, 1.165) is 115 Å². The summed E-state index contributed by atoms with van der Waals surface area (Å²) in [4.78, 5) is 0. The van der Waals surface area contributed by atoms with Gasteiger partial charge in [0, 0.05) is 0 Å². The number of methoxy groups -OCH3 is 3. The third-order valence-electron chi connectivity index (χ3n) is 20.4. The van der Waals surface area contributed by atoms with E-state index in [1.165, 1.54) is 0 Å². The van der Waals surface area contributed by atoms with Crippen molar-refractivity contribution in [1.29, 1.82) is 0 Å². The number of hydrogen-bond acceptors (Lipinski definition) is 7. The second kappa shape index (κ2) is 27.6. The van der Waals surface area contributed by atoms with Gasteiger partial charge in [-0.2, -0.15) is 0 Å². The molecule has 0 aromatic heterocycles. The topological polar surface area (TPSA) is 72.5 Å². The van der Waals surface area contributed by atoms with Crippen molar-refractivity contribution in [2.75, 3.05) is 21.3 Å². The molecule has 0 bridgehead atoms. The van der Waals surface area contributed by atoms with Crippen LogP contribution in [0.25, 0.3) is 0 Å². The normalized spacial score (nSPS) is 13.7. The van der Waals surface area contributed by atoms with Crippen LogP contribution in [0.2, 0.25) is 0 Å². The van der Waals surface area contributed by atoms with Crippen LogP contribution < -0.4 is 62.0 Å². The van der Waals surface area contributed by atoms with Crippen LogP contribution in [0.5, 0.6) is 17.2 Å². The van der Waals surface area contributed by atoms with Crippen LogP contribution >= 0.6 is 28.3 Å². The van der Waals surface area contributed by atoms with Crippen LogP contribution in [0, 0.1) is 62.3 Å². The predicted octanol–water partition coefficient (Wildman–Crippen LogP) is 18.9. The van der Waals surface area contributed by atoms with Gasteiger partial charge in [0.15, 0.2) is 0 Å². The molecule has 0 aliphatic heterocycles. The molecule has 0 saturated heterocycles. The molecular weight excluding hydrogens is 1280 g/mol. The molecule has 0 heterocycles. The SMILES string of the molecule is COc1ccc(CP(OP(=O)(OP(Cc2ccc(OC)cc2)(c2ccccc2C)(c2ccccc2C)c2ccccc2C)OP(Cc2ccc(OC)cc2)(c2ccccc2C)(c2ccccc2C)c2ccccc2C)(c2ccccc2C)(c2ccccc2C)c2ccccc2C)cc1. The Balaban J connectivity index is 1.44. The Morgan fingerprint density at radius 3 is 0.500 bits per heavy atom. The molecule has 0 fully saturated rings. The number of ether oxygens (including phenoxy) is 3. The standard InChI is InChI=1S/C87H90O7P4/c1-64-31-13-22-40-79(64)96(80-41-23-14-32-65(80)2,81-42-24-15-33-66(81)3,61-73-49-55-76(89-10)56-50-73)92-95(88,93-97(82-43-25-16-34-67(82)4,83-44-26-17-35-68(83)5,84-45-27-18-36-69(84)6)62-74-51-57-77(90-11)58-52-74)94-98(85-46-28-19-37-70(85)7,86-47-29-20-38-71(86)8,87-48-30-21-39-72(87)9)63-75-53-59-78(91-12)60-54-75/h13-60H,61-63H2,1-12H3. The first-order chi connectivity index (χ1) is 47.3. The number of rotatable bonds is 24. The van der Waals surface area contributed by atoms with E-state index in [2.05, 4.69) is 317 Å². The maximum absolute atomic E-state index is 21.5. The molecule has 12 aromatic carbocycles. The van der Waals surface area contributed by atoms with E-state index in [1.54, 1.807) is 21.3 Å². The molecule has 0 unspecified atom stereocenters. The van der Waals surface area contributed by atoms with Gasteiger partial charge in [-0.1, -0.05) is 0 Å². The summed E-state index contributed by atoms with van der Waals surface area (Å²) in [6.07, 6.45) is 0.607. The summed E-state index contributed by atoms with van der Waals surface area (Å²) in [5.41, 5.74) is 11.2. The zero-order valence-corrected chi connectivity index (χ0v) is 62.1. The van der Waals surface area contributed by atoms with Gasteiger partial charge in [0.1, 0.15) is 0 Å². The third-order valence-corrected chi connectivity index (χ3v) is 43.7. The van der Waals surface area contributed by atoms with Gasteiger partial charge in [-0.15, -0.1) is 0 Å². The molecule has 0 radical (unpaired) electrons. The summed E-state index contributed by atoms with van der Waals surface area (Å²) < 4.78 is 68.2. The van der Waals surface area contributed by atoms with E-state index in [-0.39, 0.29) is 18.5 Å². The molecule has 11 heteroatoms. The van der Waals surface area contributed by atoms with Gasteiger partial charge >= 0.3 is 585 Å². The second-order valence-corrected chi connectivity index (χ2v) is 41.8. The fourth-order valence-electron chi connectivity index (χ4n) is 16.2. The van der Waals surface area contributed by atoms with Crippen LogP contribution in [0.1, 0.15) is 66.8 Å². The van der Waals surface area contributed by atoms with Crippen molar-refractivity contribution in [3.05, 3.63) is 358 Å². The van der Waals surface area contributed by atoms with Gasteiger partial charge in [-0.25, -0.2) is 0 Å². The average molecular weight is 1370 g/mol. The quantitative estimate of drug-likeness (QED) is 0.0558. The van der Waals surface area contributed by atoms with E-state index >= 15 is 4.57 Å². The Kier molecular flexibility index (Phi) is 19.6. The Morgan fingerprint density at radius 2 is 0.367 bits per heavy atom. The molecule has 0 spiro atoms. The number of phosphoric acid groups is 1. The van der Waals surface area contributed by atoms with Crippen molar-refractivity contribution in [3.8, 4) is 17.2 Å². The molecule has 98 heavy (non-hydrogen) atoms. The molecule has 12 rings (SSSR count). The van der Waals surface area contributed by atoms with Gasteiger partial charge in [0.25, 0.3) is 0 Å². The van der Waals surface area contributed by atoms with Gasteiger partial charge in [-0.05, 0) is 0 Å². The molecule has 7 nitrogen and oxygen atoms in total. The first kappa shape index (κ1) is 69.3. The second-order valence-electron chi connectivity index (χ2n) is 26.4. The Labute approximate surface area is 581 Å². The number of aryl methyl sites for hydroxylation is 9. The molecule has 12 aromatic rings. The summed E-state index contributed by atoms with van der Waals surface area (Å²) in [5.74, 6) is 2.10. The van der Waals surface area contributed by atoms with Gasteiger partial charge < -0.3 is 0 Å². The minimum absolute atomic E-state index is 0.202. The van der Waals surface area contributed by atoms with Crippen LogP contribution in [0.15, 0.2) is 291 Å². The molecule has 0 N–H and O–H groups in total. The van der Waals surface area contributed by atoms with Gasteiger partial charge in [-0.3, -0.25) is 0 Å². The minimum atomic E-state index is -5.80. The molecule has 0 amide bonds. The zero-order valence-electron chi connectivity index (χ0n) is 58.5. The maximum atomic E-state index is 21.5. The number of benzene rings is 12. The summed E-state index contributed by atoms with van der Waals surface area (Å²) >= 11 is 0. The van der Waals surface area contributed by atoms with Crippen LogP contribution in [-0.4, -0.2) is 21.3 Å². The first-order valence-electron chi connectivity index (χ1n) is 33.5. The van der Waals surface area contributed by atoms with Crippen LogP contribution in [0.3, 0.4) is 0 Å². The zero-order chi connectivity index (χ0) is 69.0. The van der Waals surface area contributed by atoms with E-state index in [1.807, 2.05) is 36.4 Å². The molecular formula is C87H90O7P4. The Morgan fingerprint density at radius 1 is 0.224 bits per heavy atom. The molecule has 500 valence electrons.